The third-order valence-electron chi connectivity index (χ3n) is 2.42. The van der Waals surface area contributed by atoms with E-state index in [9.17, 15) is 0 Å². The van der Waals surface area contributed by atoms with Crippen LogP contribution >= 0.6 is 0 Å². The molecule has 0 heterocycles. The lowest BCUT2D eigenvalue weighted by Gasteiger charge is -2.00. The van der Waals surface area contributed by atoms with E-state index in [1.165, 1.54) is 11.1 Å². The minimum atomic E-state index is 1.07. The minimum Gasteiger partial charge on any atom is -0.473 e. The molecule has 0 saturated heterocycles. The van der Waals surface area contributed by atoms with Gasteiger partial charge in [-0.05, 0) is 64.5 Å². The Morgan fingerprint density at radius 2 is 1.24 bits per heavy atom. The van der Waals surface area contributed by atoms with Crippen LogP contribution in [0.1, 0.15) is 53.4 Å². The third-order valence-corrected chi connectivity index (χ3v) is 2.42. The molecule has 0 saturated carbocycles. The van der Waals surface area contributed by atoms with Crippen molar-refractivity contribution in [3.8, 4) is 0 Å². The van der Waals surface area contributed by atoms with Crippen LogP contribution in [0.4, 0.5) is 0 Å². The van der Waals surface area contributed by atoms with E-state index in [4.69, 9.17) is 4.74 Å². The van der Waals surface area contributed by atoms with Crippen molar-refractivity contribution in [2.75, 3.05) is 0 Å². The second-order valence-corrected chi connectivity index (χ2v) is 4.28. The van der Waals surface area contributed by atoms with Crippen LogP contribution in [0, 0.1) is 0 Å². The summed E-state index contributed by atoms with van der Waals surface area (Å²) in [5, 5.41) is 0. The van der Waals surface area contributed by atoms with Crippen molar-refractivity contribution in [2.24, 2.45) is 0 Å². The molecular formula is C16H26O. The van der Waals surface area contributed by atoms with E-state index in [1.807, 2.05) is 26.4 Å². The molecule has 0 N–H and O–H groups in total. The molecule has 0 aliphatic carbocycles. The Morgan fingerprint density at radius 1 is 0.824 bits per heavy atom. The van der Waals surface area contributed by atoms with E-state index in [-0.39, 0.29) is 0 Å². The average Bonchev–Trinajstić information content (AvgIpc) is 2.30. The van der Waals surface area contributed by atoms with Gasteiger partial charge in [-0.2, -0.15) is 0 Å². The highest BCUT2D eigenvalue weighted by Crippen LogP contribution is 2.08. The molecule has 0 rings (SSSR count). The fourth-order valence-electron chi connectivity index (χ4n) is 1.34. The number of rotatable bonds is 8. The summed E-state index contributed by atoms with van der Waals surface area (Å²) in [4.78, 5) is 0. The van der Waals surface area contributed by atoms with Gasteiger partial charge in [0.15, 0.2) is 0 Å². The molecular weight excluding hydrogens is 208 g/mol. The summed E-state index contributed by atoms with van der Waals surface area (Å²) in [5.74, 6) is 0. The van der Waals surface area contributed by atoms with Gasteiger partial charge in [-0.25, -0.2) is 0 Å². The van der Waals surface area contributed by atoms with Crippen molar-refractivity contribution in [1.29, 1.82) is 0 Å². The predicted octanol–water partition coefficient (Wildman–Crippen LogP) is 5.52. The Hall–Kier alpha value is -1.24. The molecule has 0 aromatic rings. The van der Waals surface area contributed by atoms with Crippen molar-refractivity contribution < 1.29 is 4.74 Å². The Labute approximate surface area is 107 Å². The molecule has 1 heteroatoms. The molecule has 0 aliphatic rings. The van der Waals surface area contributed by atoms with Gasteiger partial charge < -0.3 is 4.74 Å². The van der Waals surface area contributed by atoms with Crippen LogP contribution in [0.25, 0.3) is 0 Å². The number of hydrogen-bond donors (Lipinski definition) is 0. The normalized spacial score (nSPS) is 13.9. The van der Waals surface area contributed by atoms with Crippen LogP contribution < -0.4 is 0 Å². The molecule has 0 atom stereocenters. The second kappa shape index (κ2) is 11.3. The number of allylic oxidation sites excluding steroid dienone is 6. The zero-order valence-electron chi connectivity index (χ0n) is 11.7. The van der Waals surface area contributed by atoms with Gasteiger partial charge in [0.05, 0.1) is 12.5 Å². The van der Waals surface area contributed by atoms with Gasteiger partial charge in [0.1, 0.15) is 0 Å². The number of ether oxygens (including phenoxy) is 1. The molecule has 96 valence electrons. The van der Waals surface area contributed by atoms with E-state index in [0.29, 0.717) is 0 Å². The van der Waals surface area contributed by atoms with Gasteiger partial charge in [-0.3, -0.25) is 0 Å². The zero-order valence-corrected chi connectivity index (χ0v) is 11.7. The first-order chi connectivity index (χ1) is 8.20. The lowest BCUT2D eigenvalue weighted by molar-refractivity contribution is 0.390. The standard InChI is InChI=1S/C16H26O/c1-5-7-9-11-15(3)13-17-14-16(4)12-10-8-6-2/h5-8,13-14H,9-12H2,1-4H3. The summed E-state index contributed by atoms with van der Waals surface area (Å²) in [7, 11) is 0. The van der Waals surface area contributed by atoms with Crippen molar-refractivity contribution in [1.82, 2.24) is 0 Å². The molecule has 0 spiro atoms. The molecule has 0 radical (unpaired) electrons. The Balaban J connectivity index is 3.84. The maximum atomic E-state index is 5.45. The van der Waals surface area contributed by atoms with Gasteiger partial charge in [0, 0.05) is 0 Å². The molecule has 0 unspecified atom stereocenters. The van der Waals surface area contributed by atoms with E-state index >= 15 is 0 Å². The van der Waals surface area contributed by atoms with Gasteiger partial charge in [0.2, 0.25) is 0 Å². The van der Waals surface area contributed by atoms with E-state index in [0.717, 1.165) is 25.7 Å². The Morgan fingerprint density at radius 3 is 1.59 bits per heavy atom. The van der Waals surface area contributed by atoms with Crippen molar-refractivity contribution in [3.05, 3.63) is 48.0 Å². The molecule has 0 aromatic carbocycles. The van der Waals surface area contributed by atoms with Gasteiger partial charge >= 0.3 is 0 Å². The lowest BCUT2D eigenvalue weighted by atomic mass is 10.2. The van der Waals surface area contributed by atoms with Crippen LogP contribution in [0.5, 0.6) is 0 Å². The first-order valence-electron chi connectivity index (χ1n) is 6.39. The summed E-state index contributed by atoms with van der Waals surface area (Å²) >= 11 is 0. The van der Waals surface area contributed by atoms with Crippen LogP contribution in [0.2, 0.25) is 0 Å². The van der Waals surface area contributed by atoms with Gasteiger partial charge in [-0.15, -0.1) is 0 Å². The van der Waals surface area contributed by atoms with Crippen molar-refractivity contribution in [2.45, 2.75) is 53.4 Å². The molecule has 0 bridgehead atoms. The van der Waals surface area contributed by atoms with Crippen LogP contribution in [0.15, 0.2) is 48.0 Å². The number of hydrogen-bond acceptors (Lipinski definition) is 1. The molecule has 0 amide bonds. The summed E-state index contributed by atoms with van der Waals surface area (Å²) in [5.41, 5.74) is 2.56. The van der Waals surface area contributed by atoms with Crippen molar-refractivity contribution >= 4 is 0 Å². The Bertz CT molecular complexity index is 263. The monoisotopic (exact) mass is 234 g/mol. The fraction of sp³-hybridized carbons (Fsp3) is 0.500. The highest BCUT2D eigenvalue weighted by Gasteiger charge is 1.90. The summed E-state index contributed by atoms with van der Waals surface area (Å²) in [6, 6.07) is 0. The van der Waals surface area contributed by atoms with Crippen LogP contribution in [0.3, 0.4) is 0 Å². The summed E-state index contributed by atoms with van der Waals surface area (Å²) < 4.78 is 5.45. The molecule has 17 heavy (non-hydrogen) atoms. The molecule has 0 aliphatic heterocycles. The largest absolute Gasteiger partial charge is 0.473 e. The first-order valence-corrected chi connectivity index (χ1v) is 6.39. The smallest absolute Gasteiger partial charge is 0.0890 e. The first kappa shape index (κ1) is 15.8. The summed E-state index contributed by atoms with van der Waals surface area (Å²) in [6.07, 6.45) is 16.5. The second-order valence-electron chi connectivity index (χ2n) is 4.28. The van der Waals surface area contributed by atoms with Gasteiger partial charge in [-0.1, -0.05) is 24.3 Å². The van der Waals surface area contributed by atoms with Crippen molar-refractivity contribution in [3.63, 3.8) is 0 Å². The molecule has 0 fully saturated rings. The van der Waals surface area contributed by atoms with Gasteiger partial charge in [0.25, 0.3) is 0 Å². The van der Waals surface area contributed by atoms with Crippen LogP contribution in [-0.4, -0.2) is 0 Å². The van der Waals surface area contributed by atoms with E-state index in [2.05, 4.69) is 38.2 Å². The lowest BCUT2D eigenvalue weighted by Crippen LogP contribution is -1.81. The Kier molecular flexibility index (Phi) is 10.4. The minimum absolute atomic E-state index is 1.07. The van der Waals surface area contributed by atoms with E-state index < -0.39 is 0 Å². The maximum Gasteiger partial charge on any atom is 0.0890 e. The average molecular weight is 234 g/mol. The van der Waals surface area contributed by atoms with E-state index in [1.54, 1.807) is 0 Å². The zero-order chi connectivity index (χ0) is 12.9. The third kappa shape index (κ3) is 11.0. The predicted molar refractivity (Wildman–Crippen MR) is 76.7 cm³/mol. The molecule has 0 aromatic heterocycles. The topological polar surface area (TPSA) is 9.23 Å². The maximum absolute atomic E-state index is 5.45. The quantitative estimate of drug-likeness (QED) is 0.396. The fourth-order valence-corrected chi connectivity index (χ4v) is 1.34. The highest BCUT2D eigenvalue weighted by atomic mass is 16.5. The van der Waals surface area contributed by atoms with Crippen LogP contribution in [-0.2, 0) is 4.74 Å². The SMILES string of the molecule is CC=CCCC(C)=COC=C(C)CCC=CC. The highest BCUT2D eigenvalue weighted by molar-refractivity contribution is 5.00. The molecule has 1 nitrogen and oxygen atoms in total. The summed E-state index contributed by atoms with van der Waals surface area (Å²) in [6.45, 7) is 8.30.